The molecular weight excluding hydrogens is 352 g/mol. The predicted molar refractivity (Wildman–Crippen MR) is 113 cm³/mol. The number of nitrogens with one attached hydrogen (secondary N) is 3. The molecule has 1 aliphatic heterocycles. The third kappa shape index (κ3) is 4.63. The Bertz CT molecular complexity index is 863. The van der Waals surface area contributed by atoms with E-state index in [0.29, 0.717) is 17.8 Å². The first kappa shape index (κ1) is 19.7. The smallest absolute Gasteiger partial charge is 0.319 e. The van der Waals surface area contributed by atoms with Crippen molar-refractivity contribution in [1.82, 2.24) is 10.6 Å². The highest BCUT2D eigenvalue weighted by Gasteiger charge is 2.22. The van der Waals surface area contributed by atoms with E-state index in [4.69, 9.17) is 0 Å². The first-order valence-corrected chi connectivity index (χ1v) is 9.79. The Morgan fingerprint density at radius 3 is 2.57 bits per heavy atom. The van der Waals surface area contributed by atoms with Gasteiger partial charge in [-0.05, 0) is 56.5 Å². The van der Waals surface area contributed by atoms with Crippen LogP contribution in [0.3, 0.4) is 0 Å². The zero-order valence-corrected chi connectivity index (χ0v) is 16.7. The minimum Gasteiger partial charge on any atom is -0.366 e. The molecule has 1 heterocycles. The summed E-state index contributed by atoms with van der Waals surface area (Å²) in [7, 11) is 0. The number of urea groups is 1. The molecule has 0 spiro atoms. The molecule has 148 valence electrons. The molecule has 6 nitrogen and oxygen atoms in total. The average Bonchev–Trinajstić information content (AvgIpc) is 2.67. The minimum atomic E-state index is -0.280. The van der Waals surface area contributed by atoms with E-state index in [1.165, 1.54) is 11.1 Å². The summed E-state index contributed by atoms with van der Waals surface area (Å²) in [6.45, 7) is 7.89. The second-order valence-electron chi connectivity index (χ2n) is 7.28. The average molecular weight is 380 g/mol. The highest BCUT2D eigenvalue weighted by Crippen LogP contribution is 2.29. The van der Waals surface area contributed by atoms with E-state index < -0.39 is 0 Å². The molecule has 0 fully saturated rings. The molecule has 3 N–H and O–H groups in total. The maximum atomic E-state index is 12.9. The van der Waals surface area contributed by atoms with Gasteiger partial charge in [-0.1, -0.05) is 24.3 Å². The molecule has 0 saturated carbocycles. The Balaban J connectivity index is 1.91. The third-order valence-corrected chi connectivity index (χ3v) is 4.73. The van der Waals surface area contributed by atoms with Gasteiger partial charge in [0.2, 0.25) is 0 Å². The van der Waals surface area contributed by atoms with Crippen LogP contribution in [0.4, 0.5) is 16.2 Å². The predicted octanol–water partition coefficient (Wildman–Crippen LogP) is 3.53. The molecule has 3 rings (SSSR count). The quantitative estimate of drug-likeness (QED) is 0.743. The Hall–Kier alpha value is -3.02. The number of fused-ring (bicyclic) bond motifs is 1. The molecule has 2 aromatic carbocycles. The maximum Gasteiger partial charge on any atom is 0.319 e. The van der Waals surface area contributed by atoms with E-state index in [9.17, 15) is 9.59 Å². The molecule has 1 aliphatic rings. The highest BCUT2D eigenvalue weighted by atomic mass is 16.2. The summed E-state index contributed by atoms with van der Waals surface area (Å²) < 4.78 is 0. The lowest BCUT2D eigenvalue weighted by molar-refractivity contribution is 0.0943. The van der Waals surface area contributed by atoms with Gasteiger partial charge in [0.15, 0.2) is 0 Å². The lowest BCUT2D eigenvalue weighted by Crippen LogP contribution is -2.35. The number of carbonyl (C=O) groups is 2. The first-order chi connectivity index (χ1) is 13.5. The van der Waals surface area contributed by atoms with Gasteiger partial charge >= 0.3 is 6.03 Å². The number of hydrogen-bond donors (Lipinski definition) is 3. The molecule has 0 aliphatic carbocycles. The largest absolute Gasteiger partial charge is 0.366 e. The standard InChI is InChI=1S/C22H28N4O2/c1-4-23-22(28)25-18-9-10-20(19(13-18)21(27)24-15(2)3)26-12-11-16-7-5-6-8-17(16)14-26/h5-10,13,15H,4,11-12,14H2,1-3H3,(H,24,27)(H2,23,25,28). The fraction of sp³-hybridized carbons (Fsp3) is 0.364. The van der Waals surface area contributed by atoms with E-state index in [2.05, 4.69) is 39.0 Å². The molecule has 28 heavy (non-hydrogen) atoms. The maximum absolute atomic E-state index is 12.9. The fourth-order valence-electron chi connectivity index (χ4n) is 3.45. The van der Waals surface area contributed by atoms with Crippen LogP contribution in [0.2, 0.25) is 0 Å². The lowest BCUT2D eigenvalue weighted by atomic mass is 9.98. The van der Waals surface area contributed by atoms with E-state index in [1.54, 1.807) is 6.07 Å². The van der Waals surface area contributed by atoms with Gasteiger partial charge < -0.3 is 20.9 Å². The van der Waals surface area contributed by atoms with Crippen LogP contribution in [-0.4, -0.2) is 31.1 Å². The SMILES string of the molecule is CCNC(=O)Nc1ccc(N2CCc3ccccc3C2)c(C(=O)NC(C)C)c1. The number of hydrogen-bond acceptors (Lipinski definition) is 3. The molecule has 2 aromatic rings. The highest BCUT2D eigenvalue weighted by molar-refractivity contribution is 6.02. The molecule has 0 atom stereocenters. The van der Waals surface area contributed by atoms with Crippen LogP contribution in [0.1, 0.15) is 42.3 Å². The van der Waals surface area contributed by atoms with Crippen molar-refractivity contribution in [1.29, 1.82) is 0 Å². The van der Waals surface area contributed by atoms with Crippen molar-refractivity contribution in [3.63, 3.8) is 0 Å². The molecule has 0 aromatic heterocycles. The van der Waals surface area contributed by atoms with Crippen molar-refractivity contribution in [3.05, 3.63) is 59.2 Å². The van der Waals surface area contributed by atoms with Crippen molar-refractivity contribution in [3.8, 4) is 0 Å². The normalized spacial score (nSPS) is 13.1. The molecule has 0 bridgehead atoms. The Morgan fingerprint density at radius 1 is 1.11 bits per heavy atom. The summed E-state index contributed by atoms with van der Waals surface area (Å²) in [5.74, 6) is -0.136. The topological polar surface area (TPSA) is 73.5 Å². The summed E-state index contributed by atoms with van der Waals surface area (Å²) in [6, 6.07) is 13.7. The van der Waals surface area contributed by atoms with Crippen LogP contribution in [0, 0.1) is 0 Å². The second-order valence-corrected chi connectivity index (χ2v) is 7.28. The molecular formula is C22H28N4O2. The molecule has 0 unspecified atom stereocenters. The molecule has 6 heteroatoms. The first-order valence-electron chi connectivity index (χ1n) is 9.79. The zero-order valence-electron chi connectivity index (χ0n) is 16.7. The van der Waals surface area contributed by atoms with Gasteiger partial charge in [-0.25, -0.2) is 4.79 Å². The number of nitrogens with zero attached hydrogens (tertiary/aromatic N) is 1. The van der Waals surface area contributed by atoms with Gasteiger partial charge in [-0.3, -0.25) is 4.79 Å². The Morgan fingerprint density at radius 2 is 1.86 bits per heavy atom. The molecule has 3 amide bonds. The van der Waals surface area contributed by atoms with Crippen LogP contribution in [0.15, 0.2) is 42.5 Å². The number of amides is 3. The van der Waals surface area contributed by atoms with Gasteiger partial charge in [0, 0.05) is 37.1 Å². The lowest BCUT2D eigenvalue weighted by Gasteiger charge is -2.32. The third-order valence-electron chi connectivity index (χ3n) is 4.73. The van der Waals surface area contributed by atoms with Crippen molar-refractivity contribution in [2.45, 2.75) is 39.8 Å². The van der Waals surface area contributed by atoms with E-state index in [0.717, 1.165) is 25.2 Å². The van der Waals surface area contributed by atoms with Crippen LogP contribution < -0.4 is 20.9 Å². The Kier molecular flexibility index (Phi) is 6.19. The molecule has 0 radical (unpaired) electrons. The van der Waals surface area contributed by atoms with Crippen LogP contribution >= 0.6 is 0 Å². The van der Waals surface area contributed by atoms with E-state index in [-0.39, 0.29) is 18.0 Å². The van der Waals surface area contributed by atoms with Crippen molar-refractivity contribution in [2.75, 3.05) is 23.3 Å². The van der Waals surface area contributed by atoms with Crippen molar-refractivity contribution < 1.29 is 9.59 Å². The summed E-state index contributed by atoms with van der Waals surface area (Å²) in [5.41, 5.74) is 4.70. The van der Waals surface area contributed by atoms with Crippen LogP contribution in [0.25, 0.3) is 0 Å². The fourth-order valence-corrected chi connectivity index (χ4v) is 3.45. The van der Waals surface area contributed by atoms with E-state index in [1.807, 2.05) is 39.0 Å². The summed E-state index contributed by atoms with van der Waals surface area (Å²) in [4.78, 5) is 27.0. The summed E-state index contributed by atoms with van der Waals surface area (Å²) in [5, 5.41) is 8.46. The second kappa shape index (κ2) is 8.78. The molecule has 0 saturated heterocycles. The minimum absolute atomic E-state index is 0.0300. The van der Waals surface area contributed by atoms with Crippen LogP contribution in [-0.2, 0) is 13.0 Å². The van der Waals surface area contributed by atoms with Crippen molar-refractivity contribution in [2.24, 2.45) is 0 Å². The zero-order chi connectivity index (χ0) is 20.1. The number of benzene rings is 2. The van der Waals surface area contributed by atoms with E-state index >= 15 is 0 Å². The summed E-state index contributed by atoms with van der Waals surface area (Å²) >= 11 is 0. The van der Waals surface area contributed by atoms with Gasteiger partial charge in [0.05, 0.1) is 5.56 Å². The number of carbonyl (C=O) groups excluding carboxylic acids is 2. The monoisotopic (exact) mass is 380 g/mol. The summed E-state index contributed by atoms with van der Waals surface area (Å²) in [6.07, 6.45) is 0.945. The number of anilines is 2. The van der Waals surface area contributed by atoms with Gasteiger partial charge in [-0.2, -0.15) is 0 Å². The van der Waals surface area contributed by atoms with Gasteiger partial charge in [-0.15, -0.1) is 0 Å². The Labute approximate surface area is 166 Å². The van der Waals surface area contributed by atoms with Gasteiger partial charge in [0.1, 0.15) is 0 Å². The van der Waals surface area contributed by atoms with Gasteiger partial charge in [0.25, 0.3) is 5.91 Å². The van der Waals surface area contributed by atoms with Crippen molar-refractivity contribution >= 4 is 23.3 Å². The number of rotatable bonds is 5. The van der Waals surface area contributed by atoms with Crippen LogP contribution in [0.5, 0.6) is 0 Å².